The number of carbonyl (C=O) groups is 1. The van der Waals surface area contributed by atoms with Crippen LogP contribution >= 0.6 is 11.6 Å². The molecule has 2 aliphatic heterocycles. The third kappa shape index (κ3) is 3.42. The summed E-state index contributed by atoms with van der Waals surface area (Å²) in [4.78, 5) is 26.1. The average molecular weight is 426 g/mol. The number of imidazole rings is 1. The first-order valence-corrected chi connectivity index (χ1v) is 10.7. The molecule has 0 spiro atoms. The first-order valence-electron chi connectivity index (χ1n) is 10.3. The Labute approximate surface area is 180 Å². The van der Waals surface area contributed by atoms with E-state index in [4.69, 9.17) is 21.3 Å². The summed E-state index contributed by atoms with van der Waals surface area (Å²) in [5, 5.41) is 0.576. The van der Waals surface area contributed by atoms with Crippen LogP contribution in [0.5, 0.6) is 0 Å². The Morgan fingerprint density at radius 3 is 2.73 bits per heavy atom. The zero-order chi connectivity index (χ0) is 20.7. The smallest absolute Gasteiger partial charge is 0.228 e. The molecule has 0 radical (unpaired) electrons. The highest BCUT2D eigenvalue weighted by Gasteiger charge is 2.30. The molecule has 0 saturated carbocycles. The molecule has 7 nitrogen and oxygen atoms in total. The predicted molar refractivity (Wildman–Crippen MR) is 117 cm³/mol. The number of ether oxygens (including phenoxy) is 1. The van der Waals surface area contributed by atoms with Gasteiger partial charge in [0, 0.05) is 51.6 Å². The van der Waals surface area contributed by atoms with Crippen molar-refractivity contribution < 1.29 is 9.53 Å². The fraction of sp³-hybridized carbons (Fsp3) is 0.409. The molecule has 4 heterocycles. The van der Waals surface area contributed by atoms with E-state index in [1.54, 1.807) is 6.20 Å². The van der Waals surface area contributed by atoms with Gasteiger partial charge in [0.1, 0.15) is 11.6 Å². The maximum Gasteiger partial charge on any atom is 0.228 e. The van der Waals surface area contributed by atoms with Gasteiger partial charge in [0.05, 0.1) is 28.6 Å². The third-order valence-corrected chi connectivity index (χ3v) is 6.36. The highest BCUT2D eigenvalue weighted by Crippen LogP contribution is 2.32. The standard InChI is InChI=1S/C22H24ClN5O2/c1-26-19-5-3-2-4-18(19)25-21(26)16-12-20(24-13-17(16)23)27-7-9-28(10-8-27)22(29)15-6-11-30-14-15/h2-5,12-13,15H,6-11,14H2,1H3. The number of piperazine rings is 1. The minimum Gasteiger partial charge on any atom is -0.381 e. The minimum absolute atomic E-state index is 0.0226. The van der Waals surface area contributed by atoms with Crippen LogP contribution in [0.3, 0.4) is 0 Å². The third-order valence-electron chi connectivity index (χ3n) is 6.06. The Hall–Kier alpha value is -2.64. The van der Waals surface area contributed by atoms with Gasteiger partial charge in [-0.1, -0.05) is 23.7 Å². The first kappa shape index (κ1) is 19.3. The molecular formula is C22H24ClN5O2. The lowest BCUT2D eigenvalue weighted by Gasteiger charge is -2.36. The van der Waals surface area contributed by atoms with E-state index in [9.17, 15) is 4.79 Å². The Morgan fingerprint density at radius 1 is 1.20 bits per heavy atom. The van der Waals surface area contributed by atoms with Crippen molar-refractivity contribution in [2.75, 3.05) is 44.3 Å². The summed E-state index contributed by atoms with van der Waals surface area (Å²) < 4.78 is 7.43. The molecule has 0 bridgehead atoms. The van der Waals surface area contributed by atoms with Crippen molar-refractivity contribution in [1.82, 2.24) is 19.4 Å². The van der Waals surface area contributed by atoms with Crippen LogP contribution in [0, 0.1) is 5.92 Å². The lowest BCUT2D eigenvalue weighted by molar-refractivity contribution is -0.135. The van der Waals surface area contributed by atoms with Gasteiger partial charge < -0.3 is 19.1 Å². The number of halogens is 1. The molecule has 8 heteroatoms. The summed E-state index contributed by atoms with van der Waals surface area (Å²) in [6, 6.07) is 10.0. The zero-order valence-corrected chi connectivity index (χ0v) is 17.7. The number of nitrogens with zero attached hydrogens (tertiary/aromatic N) is 5. The second-order valence-corrected chi connectivity index (χ2v) is 8.29. The normalized spacial score (nSPS) is 19.6. The number of anilines is 1. The number of rotatable bonds is 3. The molecule has 2 saturated heterocycles. The Morgan fingerprint density at radius 2 is 2.00 bits per heavy atom. The molecule has 1 unspecified atom stereocenters. The summed E-state index contributed by atoms with van der Waals surface area (Å²) in [7, 11) is 2.00. The molecule has 156 valence electrons. The second kappa shape index (κ2) is 7.89. The number of pyridine rings is 1. The van der Waals surface area contributed by atoms with Crippen molar-refractivity contribution in [1.29, 1.82) is 0 Å². The topological polar surface area (TPSA) is 63.5 Å². The van der Waals surface area contributed by atoms with Gasteiger partial charge in [-0.2, -0.15) is 0 Å². The van der Waals surface area contributed by atoms with Gasteiger partial charge in [-0.3, -0.25) is 4.79 Å². The Balaban J connectivity index is 1.36. The molecule has 1 aromatic carbocycles. The van der Waals surface area contributed by atoms with Gasteiger partial charge >= 0.3 is 0 Å². The van der Waals surface area contributed by atoms with Gasteiger partial charge in [-0.15, -0.1) is 0 Å². The van der Waals surface area contributed by atoms with Crippen molar-refractivity contribution in [2.45, 2.75) is 6.42 Å². The molecule has 0 N–H and O–H groups in total. The highest BCUT2D eigenvalue weighted by atomic mass is 35.5. The maximum atomic E-state index is 12.6. The molecule has 2 fully saturated rings. The number of aryl methyl sites for hydroxylation is 1. The van der Waals surface area contributed by atoms with Gasteiger partial charge in [0.25, 0.3) is 0 Å². The summed E-state index contributed by atoms with van der Waals surface area (Å²) in [5.74, 6) is 1.92. The minimum atomic E-state index is 0.0226. The quantitative estimate of drug-likeness (QED) is 0.645. The second-order valence-electron chi connectivity index (χ2n) is 7.88. The van der Waals surface area contributed by atoms with Crippen LogP contribution in [0.15, 0.2) is 36.5 Å². The molecular weight excluding hydrogens is 402 g/mol. The van der Waals surface area contributed by atoms with E-state index in [0.717, 1.165) is 47.7 Å². The number of amides is 1. The molecule has 2 aromatic heterocycles. The highest BCUT2D eigenvalue weighted by molar-refractivity contribution is 6.33. The summed E-state index contributed by atoms with van der Waals surface area (Å²) in [5.41, 5.74) is 2.86. The lowest BCUT2D eigenvalue weighted by Crippen LogP contribution is -2.50. The van der Waals surface area contributed by atoms with Crippen LogP contribution in [0.4, 0.5) is 5.82 Å². The average Bonchev–Trinajstić information content (AvgIpc) is 3.43. The molecule has 0 aliphatic carbocycles. The molecule has 3 aromatic rings. The maximum absolute atomic E-state index is 12.6. The number of benzene rings is 1. The monoisotopic (exact) mass is 425 g/mol. The molecule has 2 aliphatic rings. The number of para-hydroxylation sites is 2. The van der Waals surface area contributed by atoms with Crippen LogP contribution in [0.2, 0.25) is 5.02 Å². The van der Waals surface area contributed by atoms with Crippen LogP contribution in [0.25, 0.3) is 22.4 Å². The number of aromatic nitrogens is 3. The van der Waals surface area contributed by atoms with Crippen molar-refractivity contribution in [2.24, 2.45) is 13.0 Å². The van der Waals surface area contributed by atoms with E-state index >= 15 is 0 Å². The first-order chi connectivity index (χ1) is 14.6. The molecule has 5 rings (SSSR count). The van der Waals surface area contributed by atoms with Crippen LogP contribution in [-0.4, -0.2) is 64.7 Å². The van der Waals surface area contributed by atoms with Crippen molar-refractivity contribution in [3.05, 3.63) is 41.6 Å². The van der Waals surface area contributed by atoms with Crippen LogP contribution in [0.1, 0.15) is 6.42 Å². The molecule has 1 amide bonds. The SMILES string of the molecule is Cn1c(-c2cc(N3CCN(C(=O)C4CCOC4)CC3)ncc2Cl)nc2ccccc21. The van der Waals surface area contributed by atoms with E-state index in [1.165, 1.54) is 0 Å². The predicted octanol–water partition coefficient (Wildman–Crippen LogP) is 2.97. The van der Waals surface area contributed by atoms with Crippen molar-refractivity contribution >= 4 is 34.4 Å². The number of hydrogen-bond acceptors (Lipinski definition) is 5. The molecule has 30 heavy (non-hydrogen) atoms. The van der Waals surface area contributed by atoms with E-state index in [2.05, 4.69) is 14.5 Å². The van der Waals surface area contributed by atoms with Gasteiger partial charge in [-0.25, -0.2) is 9.97 Å². The fourth-order valence-corrected chi connectivity index (χ4v) is 4.49. The van der Waals surface area contributed by atoms with Crippen molar-refractivity contribution in [3.63, 3.8) is 0 Å². The van der Waals surface area contributed by atoms with Gasteiger partial charge in [0.15, 0.2) is 0 Å². The van der Waals surface area contributed by atoms with Crippen molar-refractivity contribution in [3.8, 4) is 11.4 Å². The summed E-state index contributed by atoms with van der Waals surface area (Å²) in [6.07, 6.45) is 2.53. The lowest BCUT2D eigenvalue weighted by atomic mass is 10.1. The Bertz CT molecular complexity index is 1080. The van der Waals surface area contributed by atoms with E-state index < -0.39 is 0 Å². The number of fused-ring (bicyclic) bond motifs is 1. The number of carbonyl (C=O) groups excluding carboxylic acids is 1. The Kier molecular flexibility index (Phi) is 5.08. The van der Waals surface area contributed by atoms with E-state index in [1.807, 2.05) is 42.3 Å². The van der Waals surface area contributed by atoms with E-state index in [-0.39, 0.29) is 11.8 Å². The van der Waals surface area contributed by atoms with Gasteiger partial charge in [0.2, 0.25) is 5.91 Å². The van der Waals surface area contributed by atoms with E-state index in [0.29, 0.717) is 31.3 Å². The largest absolute Gasteiger partial charge is 0.381 e. The van der Waals surface area contributed by atoms with Crippen LogP contribution < -0.4 is 4.90 Å². The van der Waals surface area contributed by atoms with Gasteiger partial charge in [-0.05, 0) is 24.6 Å². The fourth-order valence-electron chi connectivity index (χ4n) is 4.30. The summed E-state index contributed by atoms with van der Waals surface area (Å²) >= 11 is 6.51. The summed E-state index contributed by atoms with van der Waals surface area (Å²) in [6.45, 7) is 4.13. The molecule has 1 atom stereocenters. The van der Waals surface area contributed by atoms with Crippen LogP contribution in [-0.2, 0) is 16.6 Å². The zero-order valence-electron chi connectivity index (χ0n) is 16.9. The number of hydrogen-bond donors (Lipinski definition) is 0.